The van der Waals surface area contributed by atoms with Gasteiger partial charge in [-0.25, -0.2) is 0 Å². The standard InChI is InChI=1S/3C3H9P.3CH3.Mo/c3*1-4(2)3;;;;/h3*1-3H3;3*1H3;/q;;;;;;-3/p+3. The minimum atomic E-state index is -2.88. The molecule has 0 saturated carbocycles. The van der Waals surface area contributed by atoms with Crippen molar-refractivity contribution in [2.75, 3.05) is 60.0 Å². The third kappa shape index (κ3) is 1.62. The van der Waals surface area contributed by atoms with Crippen LogP contribution in [0.3, 0.4) is 0 Å². The fourth-order valence-electron chi connectivity index (χ4n) is 2.76. The second kappa shape index (κ2) is 3.54. The SMILES string of the molecule is C[PH](C)(C)[Mo]([CH3])([CH3])([CH3])([PH](C)(C)C)[PH](C)(C)C. The average Bonchev–Trinajstić information content (AvgIpc) is 1.76. The number of rotatable bonds is 3. The van der Waals surface area contributed by atoms with Crippen molar-refractivity contribution >= 4 is 16.1 Å². The molecule has 0 aromatic heterocycles. The maximum atomic E-state index is 2.85. The number of hydrogen-bond donors (Lipinski definition) is 0. The zero-order chi connectivity index (χ0) is 13.9. The number of hydrogen-bond acceptors (Lipinski definition) is 0. The first-order valence-electron chi connectivity index (χ1n) is 6.34. The Morgan fingerprint density at radius 2 is 0.562 bits per heavy atom. The van der Waals surface area contributed by atoms with Gasteiger partial charge in [0, 0.05) is 0 Å². The Hall–Kier alpha value is 1.98. The van der Waals surface area contributed by atoms with E-state index >= 15 is 0 Å². The van der Waals surface area contributed by atoms with E-state index in [1.54, 1.807) is 0 Å². The Balaban J connectivity index is 6.63. The molecule has 108 valence electrons. The molecule has 0 rings (SSSR count). The van der Waals surface area contributed by atoms with E-state index in [2.05, 4.69) is 75.9 Å². The van der Waals surface area contributed by atoms with Crippen molar-refractivity contribution in [3.63, 3.8) is 0 Å². The van der Waals surface area contributed by atoms with E-state index in [1.165, 1.54) is 0 Å². The van der Waals surface area contributed by atoms with E-state index in [4.69, 9.17) is 0 Å². The predicted molar refractivity (Wildman–Crippen MR) is 95.9 cm³/mol. The van der Waals surface area contributed by atoms with Gasteiger partial charge in [-0.3, -0.25) is 0 Å². The molecule has 0 heterocycles. The van der Waals surface area contributed by atoms with E-state index in [9.17, 15) is 0 Å². The molecule has 0 spiro atoms. The molecule has 4 heteroatoms. The van der Waals surface area contributed by atoms with E-state index < -0.39 is 28.1 Å². The van der Waals surface area contributed by atoms with Crippen LogP contribution in [-0.4, -0.2) is 60.0 Å². The van der Waals surface area contributed by atoms with Crippen molar-refractivity contribution in [3.8, 4) is 0 Å². The zero-order valence-corrected chi connectivity index (χ0v) is 18.9. The van der Waals surface area contributed by atoms with Gasteiger partial charge in [-0.2, -0.15) is 0 Å². The molecule has 0 saturated heterocycles. The Labute approximate surface area is 104 Å². The van der Waals surface area contributed by atoms with Gasteiger partial charge in [0.25, 0.3) is 0 Å². The molecule has 0 aromatic carbocycles. The third-order valence-corrected chi connectivity index (χ3v) is 196. The summed E-state index contributed by atoms with van der Waals surface area (Å²) in [6.07, 6.45) is 0. The molecule has 0 aliphatic heterocycles. The van der Waals surface area contributed by atoms with Crippen LogP contribution in [0.25, 0.3) is 0 Å². The minimum absolute atomic E-state index is 1.12. The summed E-state index contributed by atoms with van der Waals surface area (Å²) < 4.78 is 0. The van der Waals surface area contributed by atoms with Crippen LogP contribution >= 0.6 is 16.1 Å². The summed E-state index contributed by atoms with van der Waals surface area (Å²) in [6, 6.07) is 0. The van der Waals surface area contributed by atoms with Crippen LogP contribution in [0.2, 0.25) is 15.9 Å². The van der Waals surface area contributed by atoms with Crippen molar-refractivity contribution in [3.05, 3.63) is 0 Å². The van der Waals surface area contributed by atoms with Gasteiger partial charge in [0.15, 0.2) is 0 Å². The first kappa shape index (κ1) is 18.0. The van der Waals surface area contributed by atoms with Crippen molar-refractivity contribution in [1.82, 2.24) is 0 Å². The van der Waals surface area contributed by atoms with Gasteiger partial charge in [-0.15, -0.1) is 0 Å². The summed E-state index contributed by atoms with van der Waals surface area (Å²) in [4.78, 5) is 0. The molecule has 0 radical (unpaired) electrons. The van der Waals surface area contributed by atoms with Crippen LogP contribution in [0.5, 0.6) is 0 Å². The van der Waals surface area contributed by atoms with Crippen LogP contribution in [0.1, 0.15) is 0 Å². The molecule has 0 aliphatic rings. The Morgan fingerprint density at radius 3 is 0.562 bits per heavy atom. The molecule has 0 N–H and O–H groups in total. The van der Waals surface area contributed by atoms with Crippen LogP contribution in [0.15, 0.2) is 0 Å². The topological polar surface area (TPSA) is 0 Å². The van der Waals surface area contributed by atoms with Gasteiger partial charge in [0.2, 0.25) is 0 Å². The molecule has 0 amide bonds. The van der Waals surface area contributed by atoms with Gasteiger partial charge in [-0.05, 0) is 0 Å². The van der Waals surface area contributed by atoms with E-state index in [0.717, 1.165) is 0 Å². The van der Waals surface area contributed by atoms with Gasteiger partial charge < -0.3 is 0 Å². The summed E-state index contributed by atoms with van der Waals surface area (Å²) in [6.45, 7) is 24.1. The van der Waals surface area contributed by atoms with E-state index in [-0.39, 0.29) is 0 Å². The first-order chi connectivity index (χ1) is 6.34. The normalized spacial score (nSPS) is 23.2. The van der Waals surface area contributed by atoms with E-state index in [0.29, 0.717) is 0 Å². The molecular weight excluding hydrogens is 333 g/mol. The van der Waals surface area contributed by atoms with Crippen LogP contribution in [-0.2, 0) is 12.0 Å². The van der Waals surface area contributed by atoms with Crippen LogP contribution in [0.4, 0.5) is 0 Å². The van der Waals surface area contributed by atoms with Crippen molar-refractivity contribution in [2.45, 2.75) is 15.9 Å². The first-order valence-corrected chi connectivity index (χ1v) is 31.6. The molecule has 0 fully saturated rings. The molecule has 0 aromatic rings. The predicted octanol–water partition coefficient (Wildman–Crippen LogP) is 5.02. The molecule has 0 nitrogen and oxygen atoms in total. The van der Waals surface area contributed by atoms with E-state index in [1.807, 2.05) is 0 Å². The second-order valence-electron chi connectivity index (χ2n) is 9.71. The second-order valence-corrected chi connectivity index (χ2v) is 102. The molecular formula is C12H39MoP3. The van der Waals surface area contributed by atoms with Gasteiger partial charge >= 0.3 is 104 Å². The Kier molecular flexibility index (Phi) is 3.98. The summed E-state index contributed by atoms with van der Waals surface area (Å²) in [5, 5.41) is 5.21. The van der Waals surface area contributed by atoms with Crippen molar-refractivity contribution in [1.29, 1.82) is 0 Å². The Bertz CT molecular complexity index is 254. The van der Waals surface area contributed by atoms with Gasteiger partial charge in [-0.1, -0.05) is 0 Å². The van der Waals surface area contributed by atoms with Crippen LogP contribution < -0.4 is 0 Å². The van der Waals surface area contributed by atoms with Crippen LogP contribution in [0, 0.1) is 0 Å². The average molecular weight is 372 g/mol. The monoisotopic (exact) mass is 374 g/mol. The van der Waals surface area contributed by atoms with Gasteiger partial charge in [0.1, 0.15) is 0 Å². The summed E-state index contributed by atoms with van der Waals surface area (Å²) in [7, 11) is 0. The molecule has 0 aliphatic carbocycles. The summed E-state index contributed by atoms with van der Waals surface area (Å²) in [5.74, 6) is 0. The molecule has 0 bridgehead atoms. The summed E-state index contributed by atoms with van der Waals surface area (Å²) >= 11 is -2.88. The fourth-order valence-corrected chi connectivity index (χ4v) is 147. The zero-order valence-electron chi connectivity index (χ0n) is 13.9. The maximum absolute atomic E-state index is 2.88. The molecule has 16 heavy (non-hydrogen) atoms. The van der Waals surface area contributed by atoms with Crippen molar-refractivity contribution in [2.24, 2.45) is 0 Å². The quantitative estimate of drug-likeness (QED) is 0.482. The molecule has 0 unspecified atom stereocenters. The summed E-state index contributed by atoms with van der Waals surface area (Å²) in [5.41, 5.74) is 0. The van der Waals surface area contributed by atoms with Gasteiger partial charge in [0.05, 0.1) is 0 Å². The fraction of sp³-hybridized carbons (Fsp3) is 1.00. The molecule has 0 atom stereocenters. The van der Waals surface area contributed by atoms with Crippen molar-refractivity contribution < 1.29 is 12.0 Å². The Morgan fingerprint density at radius 1 is 0.438 bits per heavy atom. The third-order valence-electron chi connectivity index (χ3n) is 7.35.